The lowest BCUT2D eigenvalue weighted by Crippen LogP contribution is -2.39. The molecule has 0 spiro atoms. The molecule has 24 heavy (non-hydrogen) atoms. The average molecular weight is 323 g/mol. The molecule has 0 saturated carbocycles. The van der Waals surface area contributed by atoms with Gasteiger partial charge in [-0.2, -0.15) is 0 Å². The fraction of sp³-hybridized carbons (Fsp3) is 0.300. The smallest absolute Gasteiger partial charge is 0.339 e. The fourth-order valence-corrected chi connectivity index (χ4v) is 3.02. The maximum absolute atomic E-state index is 12.7. The van der Waals surface area contributed by atoms with E-state index in [-0.39, 0.29) is 5.91 Å². The third-order valence-corrected chi connectivity index (χ3v) is 4.40. The van der Waals surface area contributed by atoms with Gasteiger partial charge in [0.2, 0.25) is 0 Å². The molecular weight excluding hydrogens is 302 g/mol. The maximum Gasteiger partial charge on any atom is 0.339 e. The Balaban J connectivity index is 1.73. The monoisotopic (exact) mass is 323 g/mol. The lowest BCUT2D eigenvalue weighted by Gasteiger charge is -2.22. The molecule has 2 aromatic carbocycles. The Morgan fingerprint density at radius 3 is 2.67 bits per heavy atom. The number of ether oxygens (including phenoxy) is 1. The van der Waals surface area contributed by atoms with Gasteiger partial charge >= 0.3 is 5.97 Å². The van der Waals surface area contributed by atoms with Crippen molar-refractivity contribution in [3.8, 4) is 0 Å². The SMILES string of the molecule is Cc1ccc(C)c(C(=O)O[C@H](C)C(=O)N2CCc3ccccc32)c1. The summed E-state index contributed by atoms with van der Waals surface area (Å²) in [7, 11) is 0. The predicted octanol–water partition coefficient (Wildman–Crippen LogP) is 3.44. The highest BCUT2D eigenvalue weighted by Crippen LogP contribution is 2.28. The summed E-state index contributed by atoms with van der Waals surface area (Å²) in [5.74, 6) is -0.636. The number of hydrogen-bond acceptors (Lipinski definition) is 3. The first-order valence-electron chi connectivity index (χ1n) is 8.15. The molecule has 124 valence electrons. The van der Waals surface area contributed by atoms with Crippen molar-refractivity contribution in [1.82, 2.24) is 0 Å². The van der Waals surface area contributed by atoms with Crippen LogP contribution in [-0.2, 0) is 16.0 Å². The molecule has 0 N–H and O–H groups in total. The van der Waals surface area contributed by atoms with Crippen molar-refractivity contribution in [3.63, 3.8) is 0 Å². The molecule has 3 rings (SSSR count). The second-order valence-corrected chi connectivity index (χ2v) is 6.23. The molecule has 1 atom stereocenters. The Bertz CT molecular complexity index is 797. The molecule has 1 aliphatic rings. The average Bonchev–Trinajstić information content (AvgIpc) is 3.00. The number of rotatable bonds is 3. The standard InChI is InChI=1S/C20H21NO3/c1-13-8-9-14(2)17(12-13)20(23)24-15(3)19(22)21-11-10-16-6-4-5-7-18(16)21/h4-9,12,15H,10-11H2,1-3H3/t15-/m1/s1. The van der Waals surface area contributed by atoms with Gasteiger partial charge < -0.3 is 9.64 Å². The zero-order chi connectivity index (χ0) is 17.3. The minimum absolute atomic E-state index is 0.182. The number of carbonyl (C=O) groups is 2. The van der Waals surface area contributed by atoms with E-state index in [0.717, 1.165) is 28.8 Å². The zero-order valence-corrected chi connectivity index (χ0v) is 14.2. The van der Waals surface area contributed by atoms with Crippen molar-refractivity contribution in [1.29, 1.82) is 0 Å². The molecule has 2 aromatic rings. The van der Waals surface area contributed by atoms with Crippen molar-refractivity contribution < 1.29 is 14.3 Å². The van der Waals surface area contributed by atoms with Crippen molar-refractivity contribution in [3.05, 3.63) is 64.7 Å². The van der Waals surface area contributed by atoms with Crippen LogP contribution < -0.4 is 4.90 Å². The number of fused-ring (bicyclic) bond motifs is 1. The summed E-state index contributed by atoms with van der Waals surface area (Å²) in [6.45, 7) is 6.04. The minimum Gasteiger partial charge on any atom is -0.449 e. The van der Waals surface area contributed by atoms with E-state index in [0.29, 0.717) is 12.1 Å². The molecule has 0 radical (unpaired) electrons. The number of benzene rings is 2. The van der Waals surface area contributed by atoms with E-state index in [2.05, 4.69) is 0 Å². The Morgan fingerprint density at radius 2 is 1.88 bits per heavy atom. The van der Waals surface area contributed by atoms with Crippen molar-refractivity contribution in [2.75, 3.05) is 11.4 Å². The van der Waals surface area contributed by atoms with E-state index in [1.54, 1.807) is 17.9 Å². The Kier molecular flexibility index (Phi) is 4.38. The van der Waals surface area contributed by atoms with Crippen LogP contribution >= 0.6 is 0 Å². The minimum atomic E-state index is -0.816. The number of aryl methyl sites for hydroxylation is 2. The molecule has 0 saturated heterocycles. The molecule has 4 nitrogen and oxygen atoms in total. The number of anilines is 1. The van der Waals surface area contributed by atoms with Crippen LogP contribution in [0.2, 0.25) is 0 Å². The van der Waals surface area contributed by atoms with E-state index in [9.17, 15) is 9.59 Å². The second kappa shape index (κ2) is 6.48. The van der Waals surface area contributed by atoms with Crippen LogP contribution in [-0.4, -0.2) is 24.5 Å². The highest BCUT2D eigenvalue weighted by molar-refractivity contribution is 6.00. The van der Waals surface area contributed by atoms with Gasteiger partial charge in [0.05, 0.1) is 5.56 Å². The van der Waals surface area contributed by atoms with Crippen LogP contribution in [0, 0.1) is 13.8 Å². The molecule has 0 aromatic heterocycles. The van der Waals surface area contributed by atoms with Gasteiger partial charge in [-0.25, -0.2) is 4.79 Å². The highest BCUT2D eigenvalue weighted by atomic mass is 16.5. The van der Waals surface area contributed by atoms with E-state index < -0.39 is 12.1 Å². The summed E-state index contributed by atoms with van der Waals surface area (Å²) in [5, 5.41) is 0. The largest absolute Gasteiger partial charge is 0.449 e. The molecule has 1 heterocycles. The predicted molar refractivity (Wildman–Crippen MR) is 93.3 cm³/mol. The molecule has 4 heteroatoms. The summed E-state index contributed by atoms with van der Waals surface area (Å²) in [5.41, 5.74) is 4.41. The van der Waals surface area contributed by atoms with Gasteiger partial charge in [0, 0.05) is 12.2 Å². The number of hydrogen-bond donors (Lipinski definition) is 0. The van der Waals surface area contributed by atoms with E-state index >= 15 is 0 Å². The highest BCUT2D eigenvalue weighted by Gasteiger charge is 2.30. The Labute approximate surface area is 142 Å². The van der Waals surface area contributed by atoms with Crippen molar-refractivity contribution >= 4 is 17.6 Å². The fourth-order valence-electron chi connectivity index (χ4n) is 3.02. The summed E-state index contributed by atoms with van der Waals surface area (Å²) in [6, 6.07) is 13.5. The summed E-state index contributed by atoms with van der Waals surface area (Å²) in [4.78, 5) is 26.8. The van der Waals surface area contributed by atoms with Crippen LogP contribution in [0.15, 0.2) is 42.5 Å². The number of para-hydroxylation sites is 1. The van der Waals surface area contributed by atoms with Gasteiger partial charge in [0.1, 0.15) is 0 Å². The number of esters is 1. The van der Waals surface area contributed by atoms with Crippen LogP contribution in [0.4, 0.5) is 5.69 Å². The van der Waals surface area contributed by atoms with Crippen LogP contribution in [0.3, 0.4) is 0 Å². The number of amides is 1. The van der Waals surface area contributed by atoms with E-state index in [1.807, 2.05) is 50.2 Å². The molecule has 0 fully saturated rings. The van der Waals surface area contributed by atoms with Crippen molar-refractivity contribution in [2.24, 2.45) is 0 Å². The topological polar surface area (TPSA) is 46.6 Å². The van der Waals surface area contributed by atoms with Crippen LogP contribution in [0.25, 0.3) is 0 Å². The zero-order valence-electron chi connectivity index (χ0n) is 14.2. The molecule has 0 unspecified atom stereocenters. The normalized spacial score (nSPS) is 14.2. The molecular formula is C20H21NO3. The van der Waals surface area contributed by atoms with Crippen LogP contribution in [0.5, 0.6) is 0 Å². The van der Waals surface area contributed by atoms with E-state index in [1.165, 1.54) is 0 Å². The quantitative estimate of drug-likeness (QED) is 0.813. The van der Waals surface area contributed by atoms with Gasteiger partial charge in [-0.1, -0.05) is 35.9 Å². The van der Waals surface area contributed by atoms with Gasteiger partial charge in [-0.15, -0.1) is 0 Å². The molecule has 1 aliphatic heterocycles. The van der Waals surface area contributed by atoms with Crippen LogP contribution in [0.1, 0.15) is 34.0 Å². The van der Waals surface area contributed by atoms with Crippen molar-refractivity contribution in [2.45, 2.75) is 33.3 Å². The van der Waals surface area contributed by atoms with Gasteiger partial charge in [-0.3, -0.25) is 4.79 Å². The maximum atomic E-state index is 12.7. The Hall–Kier alpha value is -2.62. The molecule has 1 amide bonds. The second-order valence-electron chi connectivity index (χ2n) is 6.23. The van der Waals surface area contributed by atoms with Gasteiger partial charge in [0.25, 0.3) is 5.91 Å². The van der Waals surface area contributed by atoms with Gasteiger partial charge in [0.15, 0.2) is 6.10 Å². The first-order valence-corrected chi connectivity index (χ1v) is 8.15. The summed E-state index contributed by atoms with van der Waals surface area (Å²) >= 11 is 0. The summed E-state index contributed by atoms with van der Waals surface area (Å²) in [6.07, 6.45) is 0.0168. The number of nitrogens with zero attached hydrogens (tertiary/aromatic N) is 1. The Morgan fingerprint density at radius 1 is 1.12 bits per heavy atom. The van der Waals surface area contributed by atoms with Gasteiger partial charge in [-0.05, 0) is 50.5 Å². The third kappa shape index (κ3) is 3.04. The van der Waals surface area contributed by atoms with E-state index in [4.69, 9.17) is 4.74 Å². The third-order valence-electron chi connectivity index (χ3n) is 4.40. The number of carbonyl (C=O) groups excluding carboxylic acids is 2. The first-order chi connectivity index (χ1) is 11.5. The lowest BCUT2D eigenvalue weighted by molar-refractivity contribution is -0.126. The molecule has 0 aliphatic carbocycles. The lowest BCUT2D eigenvalue weighted by atomic mass is 10.1. The molecule has 0 bridgehead atoms. The first kappa shape index (κ1) is 16.2. The summed E-state index contributed by atoms with van der Waals surface area (Å²) < 4.78 is 5.43.